The van der Waals surface area contributed by atoms with Crippen LogP contribution in [0.1, 0.15) is 53.9 Å². The second kappa shape index (κ2) is 9.19. The van der Waals surface area contributed by atoms with Crippen LogP contribution < -0.4 is 11.1 Å². The quantitative estimate of drug-likeness (QED) is 0.719. The standard InChI is InChI=1S/C15H33N3O2/c1-7-12(8-2)18(6)13(11-16)9-10-17-14(19)20-15(3,4)5/h12-13H,7-11,16H2,1-6H3,(H,17,19). The molecule has 0 rings (SSSR count). The van der Waals surface area contributed by atoms with Gasteiger partial charge in [0, 0.05) is 25.2 Å². The van der Waals surface area contributed by atoms with Gasteiger partial charge in [0.15, 0.2) is 0 Å². The van der Waals surface area contributed by atoms with E-state index in [1.54, 1.807) is 0 Å². The molecule has 5 heteroatoms. The van der Waals surface area contributed by atoms with Crippen molar-refractivity contribution in [2.45, 2.75) is 71.6 Å². The van der Waals surface area contributed by atoms with E-state index in [0.717, 1.165) is 19.3 Å². The number of likely N-dealkylation sites (N-methyl/N-ethyl adjacent to an activating group) is 1. The maximum atomic E-state index is 11.6. The number of amides is 1. The molecule has 0 aliphatic carbocycles. The zero-order valence-electron chi connectivity index (χ0n) is 14.0. The number of carbonyl (C=O) groups is 1. The van der Waals surface area contributed by atoms with Crippen LogP contribution in [0.25, 0.3) is 0 Å². The van der Waals surface area contributed by atoms with Crippen LogP contribution in [0.2, 0.25) is 0 Å². The van der Waals surface area contributed by atoms with E-state index in [-0.39, 0.29) is 12.1 Å². The summed E-state index contributed by atoms with van der Waals surface area (Å²) in [6.45, 7) is 11.1. The third-order valence-electron chi connectivity index (χ3n) is 3.51. The molecule has 3 N–H and O–H groups in total. The lowest BCUT2D eigenvalue weighted by molar-refractivity contribution is 0.0520. The summed E-state index contributed by atoms with van der Waals surface area (Å²) in [5.41, 5.74) is 5.40. The molecule has 0 fully saturated rings. The first-order chi connectivity index (χ1) is 9.25. The van der Waals surface area contributed by atoms with Crippen molar-refractivity contribution >= 4 is 6.09 Å². The lowest BCUT2D eigenvalue weighted by Gasteiger charge is -2.33. The van der Waals surface area contributed by atoms with Gasteiger partial charge in [-0.05, 0) is 47.1 Å². The van der Waals surface area contributed by atoms with E-state index in [1.807, 2.05) is 20.8 Å². The molecule has 0 saturated heterocycles. The van der Waals surface area contributed by atoms with Gasteiger partial charge in [0.05, 0.1) is 0 Å². The third kappa shape index (κ3) is 7.70. The van der Waals surface area contributed by atoms with E-state index in [2.05, 4.69) is 31.1 Å². The number of carbonyl (C=O) groups excluding carboxylic acids is 1. The monoisotopic (exact) mass is 287 g/mol. The normalized spacial score (nSPS) is 13.7. The fourth-order valence-corrected chi connectivity index (χ4v) is 2.31. The van der Waals surface area contributed by atoms with Gasteiger partial charge in [0.25, 0.3) is 0 Å². The summed E-state index contributed by atoms with van der Waals surface area (Å²) in [6.07, 6.45) is 2.70. The summed E-state index contributed by atoms with van der Waals surface area (Å²) < 4.78 is 5.21. The number of ether oxygens (including phenoxy) is 1. The first-order valence-electron chi connectivity index (χ1n) is 7.63. The molecule has 0 aliphatic heterocycles. The average molecular weight is 287 g/mol. The van der Waals surface area contributed by atoms with Crippen LogP contribution >= 0.6 is 0 Å². The number of alkyl carbamates (subject to hydrolysis) is 1. The number of nitrogens with one attached hydrogen (secondary N) is 1. The molecule has 0 saturated carbocycles. The highest BCUT2D eigenvalue weighted by molar-refractivity contribution is 5.67. The van der Waals surface area contributed by atoms with Gasteiger partial charge < -0.3 is 15.8 Å². The third-order valence-corrected chi connectivity index (χ3v) is 3.51. The molecule has 1 unspecified atom stereocenters. The van der Waals surface area contributed by atoms with Gasteiger partial charge in [0.1, 0.15) is 5.60 Å². The average Bonchev–Trinajstić information content (AvgIpc) is 2.33. The van der Waals surface area contributed by atoms with Crippen molar-refractivity contribution in [3.05, 3.63) is 0 Å². The lowest BCUT2D eigenvalue weighted by Crippen LogP contribution is -2.45. The molecule has 0 bridgehead atoms. The minimum absolute atomic E-state index is 0.287. The topological polar surface area (TPSA) is 67.6 Å². The number of nitrogens with zero attached hydrogens (tertiary/aromatic N) is 1. The van der Waals surface area contributed by atoms with Crippen molar-refractivity contribution in [1.82, 2.24) is 10.2 Å². The molecule has 0 heterocycles. The molecule has 1 atom stereocenters. The Kier molecular flexibility index (Phi) is 8.81. The van der Waals surface area contributed by atoms with Crippen LogP contribution in [0, 0.1) is 0 Å². The van der Waals surface area contributed by atoms with Crippen LogP contribution in [-0.2, 0) is 4.74 Å². The predicted octanol–water partition coefficient (Wildman–Crippen LogP) is 2.35. The van der Waals surface area contributed by atoms with Crippen LogP contribution in [0.3, 0.4) is 0 Å². The maximum Gasteiger partial charge on any atom is 0.407 e. The fourth-order valence-electron chi connectivity index (χ4n) is 2.31. The Balaban J connectivity index is 4.16. The fraction of sp³-hybridized carbons (Fsp3) is 0.933. The largest absolute Gasteiger partial charge is 0.444 e. The van der Waals surface area contributed by atoms with Gasteiger partial charge in [-0.25, -0.2) is 4.79 Å². The smallest absolute Gasteiger partial charge is 0.407 e. The van der Waals surface area contributed by atoms with E-state index < -0.39 is 5.60 Å². The van der Waals surface area contributed by atoms with Gasteiger partial charge in [0.2, 0.25) is 0 Å². The Morgan fingerprint density at radius 1 is 1.25 bits per heavy atom. The second-order valence-corrected chi connectivity index (χ2v) is 6.24. The maximum absolute atomic E-state index is 11.6. The first kappa shape index (κ1) is 19.2. The molecule has 0 aromatic heterocycles. The second-order valence-electron chi connectivity index (χ2n) is 6.24. The summed E-state index contributed by atoms with van der Waals surface area (Å²) >= 11 is 0. The van der Waals surface area contributed by atoms with Gasteiger partial charge in [-0.1, -0.05) is 13.8 Å². The summed E-state index contributed by atoms with van der Waals surface area (Å²) in [4.78, 5) is 13.9. The molecule has 0 radical (unpaired) electrons. The van der Waals surface area contributed by atoms with Crippen LogP contribution in [0.15, 0.2) is 0 Å². The lowest BCUT2D eigenvalue weighted by atomic mass is 10.1. The summed E-state index contributed by atoms with van der Waals surface area (Å²) in [7, 11) is 2.11. The van der Waals surface area contributed by atoms with Gasteiger partial charge in [-0.3, -0.25) is 4.90 Å². The molecule has 0 spiro atoms. The van der Waals surface area contributed by atoms with Crippen molar-refractivity contribution in [3.8, 4) is 0 Å². The highest BCUT2D eigenvalue weighted by Crippen LogP contribution is 2.12. The van der Waals surface area contributed by atoms with Gasteiger partial charge in [-0.2, -0.15) is 0 Å². The zero-order chi connectivity index (χ0) is 15.8. The molecule has 0 aromatic carbocycles. The van der Waals surface area contributed by atoms with E-state index in [4.69, 9.17) is 10.5 Å². The highest BCUT2D eigenvalue weighted by atomic mass is 16.6. The minimum atomic E-state index is -0.455. The molecule has 20 heavy (non-hydrogen) atoms. The molecule has 0 aliphatic rings. The van der Waals surface area contributed by atoms with Crippen molar-refractivity contribution in [2.75, 3.05) is 20.1 Å². The molecule has 5 nitrogen and oxygen atoms in total. The van der Waals surface area contributed by atoms with E-state index in [1.165, 1.54) is 0 Å². The molecule has 120 valence electrons. The number of hydrogen-bond donors (Lipinski definition) is 2. The van der Waals surface area contributed by atoms with Gasteiger partial charge in [-0.15, -0.1) is 0 Å². The van der Waals surface area contributed by atoms with E-state index in [0.29, 0.717) is 19.1 Å². The minimum Gasteiger partial charge on any atom is -0.444 e. The van der Waals surface area contributed by atoms with Crippen molar-refractivity contribution < 1.29 is 9.53 Å². The van der Waals surface area contributed by atoms with Crippen molar-refractivity contribution in [2.24, 2.45) is 5.73 Å². The Hall–Kier alpha value is -0.810. The SMILES string of the molecule is CCC(CC)N(C)C(CN)CCNC(=O)OC(C)(C)C. The van der Waals surface area contributed by atoms with Crippen molar-refractivity contribution in [3.63, 3.8) is 0 Å². The first-order valence-corrected chi connectivity index (χ1v) is 7.63. The molecule has 0 aromatic rings. The Morgan fingerprint density at radius 3 is 2.20 bits per heavy atom. The van der Waals surface area contributed by atoms with Crippen LogP contribution in [0.4, 0.5) is 4.79 Å². The Labute approximate surface area is 124 Å². The molecular formula is C15H33N3O2. The summed E-state index contributed by atoms with van der Waals surface area (Å²) in [5.74, 6) is 0. The highest BCUT2D eigenvalue weighted by Gasteiger charge is 2.20. The van der Waals surface area contributed by atoms with Crippen LogP contribution in [-0.4, -0.2) is 48.8 Å². The zero-order valence-corrected chi connectivity index (χ0v) is 14.0. The number of rotatable bonds is 8. The Morgan fingerprint density at radius 2 is 1.80 bits per heavy atom. The summed E-state index contributed by atoms with van der Waals surface area (Å²) in [5, 5.41) is 2.79. The molecule has 1 amide bonds. The number of nitrogens with two attached hydrogens (primary N) is 1. The van der Waals surface area contributed by atoms with E-state index >= 15 is 0 Å². The number of hydrogen-bond acceptors (Lipinski definition) is 4. The predicted molar refractivity (Wildman–Crippen MR) is 83.8 cm³/mol. The summed E-state index contributed by atoms with van der Waals surface area (Å²) in [6, 6.07) is 0.833. The van der Waals surface area contributed by atoms with Crippen LogP contribution in [0.5, 0.6) is 0 Å². The van der Waals surface area contributed by atoms with E-state index in [9.17, 15) is 4.79 Å². The van der Waals surface area contributed by atoms with Crippen molar-refractivity contribution in [1.29, 1.82) is 0 Å². The molecular weight excluding hydrogens is 254 g/mol. The van der Waals surface area contributed by atoms with Gasteiger partial charge >= 0.3 is 6.09 Å². The Bertz CT molecular complexity index is 273.